The van der Waals surface area contributed by atoms with E-state index < -0.39 is 10.0 Å². The maximum Gasteiger partial charge on any atom is 0.242 e. The smallest absolute Gasteiger partial charge is 0.242 e. The van der Waals surface area contributed by atoms with Crippen LogP contribution in [0, 0.1) is 5.92 Å². The molecule has 1 aromatic rings. The fraction of sp³-hybridized carbons (Fsp3) is 0.600. The molecule has 1 saturated carbocycles. The van der Waals surface area contributed by atoms with Crippen molar-refractivity contribution in [2.24, 2.45) is 5.92 Å². The highest BCUT2D eigenvalue weighted by Crippen LogP contribution is 2.31. The SMILES string of the molecule is CNCCCOc1ccc(S(=O)(=O)N(C)CC2CC2)cc1. The monoisotopic (exact) mass is 312 g/mol. The average molecular weight is 312 g/mol. The van der Waals surface area contributed by atoms with Gasteiger partial charge in [-0.3, -0.25) is 0 Å². The minimum atomic E-state index is -3.37. The van der Waals surface area contributed by atoms with Gasteiger partial charge in [0.2, 0.25) is 10.0 Å². The lowest BCUT2D eigenvalue weighted by molar-refractivity contribution is 0.309. The molecule has 0 spiro atoms. The van der Waals surface area contributed by atoms with E-state index in [1.54, 1.807) is 31.3 Å². The lowest BCUT2D eigenvalue weighted by Crippen LogP contribution is -2.28. The summed E-state index contributed by atoms with van der Waals surface area (Å²) in [6, 6.07) is 6.67. The van der Waals surface area contributed by atoms with E-state index in [0.29, 0.717) is 29.7 Å². The van der Waals surface area contributed by atoms with Crippen molar-refractivity contribution >= 4 is 10.0 Å². The Morgan fingerprint density at radius 1 is 1.29 bits per heavy atom. The lowest BCUT2D eigenvalue weighted by Gasteiger charge is -2.17. The number of hydrogen-bond acceptors (Lipinski definition) is 4. The maximum absolute atomic E-state index is 12.4. The van der Waals surface area contributed by atoms with Crippen LogP contribution in [0.3, 0.4) is 0 Å². The first-order chi connectivity index (χ1) is 10.0. The van der Waals surface area contributed by atoms with Crippen molar-refractivity contribution in [2.45, 2.75) is 24.2 Å². The third-order valence-electron chi connectivity index (χ3n) is 3.58. The van der Waals surface area contributed by atoms with Gasteiger partial charge in [-0.1, -0.05) is 0 Å². The quantitative estimate of drug-likeness (QED) is 0.705. The molecule has 0 radical (unpaired) electrons. The first kappa shape index (κ1) is 16.3. The van der Waals surface area contributed by atoms with Gasteiger partial charge in [0, 0.05) is 13.6 Å². The largest absolute Gasteiger partial charge is 0.494 e. The van der Waals surface area contributed by atoms with Gasteiger partial charge in [-0.2, -0.15) is 0 Å². The first-order valence-corrected chi connectivity index (χ1v) is 8.82. The van der Waals surface area contributed by atoms with Gasteiger partial charge >= 0.3 is 0 Å². The molecule has 0 unspecified atom stereocenters. The summed E-state index contributed by atoms with van der Waals surface area (Å²) in [6.07, 6.45) is 3.19. The van der Waals surface area contributed by atoms with E-state index in [0.717, 1.165) is 25.8 Å². The van der Waals surface area contributed by atoms with Crippen LogP contribution in [0.2, 0.25) is 0 Å². The van der Waals surface area contributed by atoms with Gasteiger partial charge in [0.05, 0.1) is 11.5 Å². The van der Waals surface area contributed by atoms with Crippen LogP contribution < -0.4 is 10.1 Å². The second-order valence-corrected chi connectivity index (χ2v) is 7.55. The van der Waals surface area contributed by atoms with Crippen LogP contribution in [-0.4, -0.2) is 46.5 Å². The van der Waals surface area contributed by atoms with E-state index in [4.69, 9.17) is 4.74 Å². The third kappa shape index (κ3) is 4.69. The summed E-state index contributed by atoms with van der Waals surface area (Å²) < 4.78 is 31.8. The number of nitrogens with one attached hydrogen (secondary N) is 1. The number of nitrogens with zero attached hydrogens (tertiary/aromatic N) is 1. The Kier molecular flexibility index (Phi) is 5.61. The Hall–Kier alpha value is -1.11. The van der Waals surface area contributed by atoms with E-state index in [-0.39, 0.29) is 0 Å². The highest BCUT2D eigenvalue weighted by Gasteiger charge is 2.29. The zero-order chi connectivity index (χ0) is 15.3. The summed E-state index contributed by atoms with van der Waals surface area (Å²) >= 11 is 0. The van der Waals surface area contributed by atoms with Crippen molar-refractivity contribution in [2.75, 3.05) is 33.8 Å². The van der Waals surface area contributed by atoms with Crippen molar-refractivity contribution in [3.8, 4) is 5.75 Å². The molecule has 118 valence electrons. The van der Waals surface area contributed by atoms with E-state index in [1.807, 2.05) is 7.05 Å². The Morgan fingerprint density at radius 2 is 1.95 bits per heavy atom. The van der Waals surface area contributed by atoms with E-state index in [1.165, 1.54) is 4.31 Å². The highest BCUT2D eigenvalue weighted by atomic mass is 32.2. The van der Waals surface area contributed by atoms with Crippen LogP contribution in [0.5, 0.6) is 5.75 Å². The average Bonchev–Trinajstić information content (AvgIpc) is 3.28. The Morgan fingerprint density at radius 3 is 2.52 bits per heavy atom. The van der Waals surface area contributed by atoms with Crippen molar-refractivity contribution in [3.05, 3.63) is 24.3 Å². The van der Waals surface area contributed by atoms with Gasteiger partial charge in [-0.15, -0.1) is 0 Å². The van der Waals surface area contributed by atoms with Crippen LogP contribution in [0.25, 0.3) is 0 Å². The van der Waals surface area contributed by atoms with Crippen LogP contribution >= 0.6 is 0 Å². The second-order valence-electron chi connectivity index (χ2n) is 5.51. The minimum Gasteiger partial charge on any atom is -0.494 e. The van der Waals surface area contributed by atoms with E-state index >= 15 is 0 Å². The van der Waals surface area contributed by atoms with Crippen LogP contribution in [0.15, 0.2) is 29.2 Å². The number of sulfonamides is 1. The standard InChI is InChI=1S/C15H24N2O3S/c1-16-10-3-11-20-14-6-8-15(9-7-14)21(18,19)17(2)12-13-4-5-13/h6-9,13,16H,3-5,10-12H2,1-2H3. The summed E-state index contributed by atoms with van der Waals surface area (Å²) in [5.41, 5.74) is 0. The Bertz CT molecular complexity index is 539. The van der Waals surface area contributed by atoms with E-state index in [9.17, 15) is 8.42 Å². The molecule has 0 bridgehead atoms. The molecule has 1 N–H and O–H groups in total. The predicted molar refractivity (Wildman–Crippen MR) is 83.0 cm³/mol. The summed E-state index contributed by atoms with van der Waals surface area (Å²) in [6.45, 7) is 2.14. The molecule has 6 heteroatoms. The summed E-state index contributed by atoms with van der Waals surface area (Å²) in [7, 11) is 0.177. The summed E-state index contributed by atoms with van der Waals surface area (Å²) in [5.74, 6) is 1.24. The number of ether oxygens (including phenoxy) is 1. The lowest BCUT2D eigenvalue weighted by atomic mass is 10.3. The molecule has 21 heavy (non-hydrogen) atoms. The van der Waals surface area contributed by atoms with Gasteiger partial charge in [-0.05, 0) is 63.0 Å². The molecule has 1 aliphatic carbocycles. The second kappa shape index (κ2) is 7.24. The topological polar surface area (TPSA) is 58.6 Å². The molecule has 0 aromatic heterocycles. The molecular formula is C15H24N2O3S. The maximum atomic E-state index is 12.4. The number of rotatable bonds is 9. The van der Waals surface area contributed by atoms with Gasteiger partial charge in [0.1, 0.15) is 5.75 Å². The molecule has 0 atom stereocenters. The van der Waals surface area contributed by atoms with Crippen molar-refractivity contribution in [1.29, 1.82) is 0 Å². The normalized spacial score (nSPS) is 15.4. The molecule has 1 aliphatic rings. The zero-order valence-electron chi connectivity index (χ0n) is 12.7. The molecule has 2 rings (SSSR count). The van der Waals surface area contributed by atoms with Gasteiger partial charge in [0.15, 0.2) is 0 Å². The van der Waals surface area contributed by atoms with Crippen molar-refractivity contribution in [1.82, 2.24) is 9.62 Å². The fourth-order valence-electron chi connectivity index (χ4n) is 2.09. The summed E-state index contributed by atoms with van der Waals surface area (Å²) in [5, 5.41) is 3.05. The van der Waals surface area contributed by atoms with Crippen LogP contribution in [0.4, 0.5) is 0 Å². The Labute approximate surface area is 127 Å². The predicted octanol–water partition coefficient (Wildman–Crippen LogP) is 1.71. The third-order valence-corrected chi connectivity index (χ3v) is 5.42. The highest BCUT2D eigenvalue weighted by molar-refractivity contribution is 7.89. The Balaban J connectivity index is 1.93. The molecular weight excluding hydrogens is 288 g/mol. The van der Waals surface area contributed by atoms with Crippen LogP contribution in [0.1, 0.15) is 19.3 Å². The number of hydrogen-bond donors (Lipinski definition) is 1. The summed E-state index contributed by atoms with van der Waals surface area (Å²) in [4.78, 5) is 0.327. The zero-order valence-corrected chi connectivity index (χ0v) is 13.5. The molecule has 0 amide bonds. The fourth-order valence-corrected chi connectivity index (χ4v) is 3.34. The van der Waals surface area contributed by atoms with Gasteiger partial charge in [-0.25, -0.2) is 12.7 Å². The first-order valence-electron chi connectivity index (χ1n) is 7.38. The molecule has 0 aliphatic heterocycles. The molecule has 5 nitrogen and oxygen atoms in total. The van der Waals surface area contributed by atoms with Gasteiger partial charge < -0.3 is 10.1 Å². The minimum absolute atomic E-state index is 0.327. The van der Waals surface area contributed by atoms with E-state index in [2.05, 4.69) is 5.32 Å². The van der Waals surface area contributed by atoms with Crippen molar-refractivity contribution < 1.29 is 13.2 Å². The molecule has 0 heterocycles. The molecule has 1 aromatic carbocycles. The van der Waals surface area contributed by atoms with Gasteiger partial charge in [0.25, 0.3) is 0 Å². The van der Waals surface area contributed by atoms with Crippen LogP contribution in [-0.2, 0) is 10.0 Å². The number of benzene rings is 1. The van der Waals surface area contributed by atoms with Crippen molar-refractivity contribution in [3.63, 3.8) is 0 Å². The molecule has 0 saturated heterocycles. The molecule has 1 fully saturated rings.